The molecule has 2 atom stereocenters. The van der Waals surface area contributed by atoms with Gasteiger partial charge in [0.1, 0.15) is 17.6 Å². The highest BCUT2D eigenvalue weighted by molar-refractivity contribution is 6.09. The lowest BCUT2D eigenvalue weighted by atomic mass is 10.0. The van der Waals surface area contributed by atoms with Crippen LogP contribution in [0.2, 0.25) is 0 Å². The molecule has 2 fully saturated rings. The summed E-state index contributed by atoms with van der Waals surface area (Å²) in [5, 5.41) is 3.17. The van der Waals surface area contributed by atoms with Gasteiger partial charge in [-0.05, 0) is 38.4 Å². The van der Waals surface area contributed by atoms with Crippen molar-refractivity contribution in [1.29, 1.82) is 0 Å². The molecule has 1 N–H and O–H groups in total. The number of carbonyl (C=O) groups excluding carboxylic acids is 2. The third kappa shape index (κ3) is 4.10. The van der Waals surface area contributed by atoms with Crippen LogP contribution in [0.1, 0.15) is 19.3 Å². The third-order valence-electron chi connectivity index (χ3n) is 4.80. The van der Waals surface area contributed by atoms with Crippen LogP contribution < -0.4 is 10.2 Å². The van der Waals surface area contributed by atoms with Crippen molar-refractivity contribution < 1.29 is 18.4 Å². The number of hydrogen-bond acceptors (Lipinski definition) is 3. The van der Waals surface area contributed by atoms with E-state index >= 15 is 0 Å². The van der Waals surface area contributed by atoms with Crippen molar-refractivity contribution >= 4 is 29.9 Å². The van der Waals surface area contributed by atoms with Gasteiger partial charge in [0.2, 0.25) is 11.8 Å². The number of nitrogens with zero attached hydrogens (tertiary/aromatic N) is 2. The van der Waals surface area contributed by atoms with Crippen LogP contribution >= 0.6 is 12.4 Å². The van der Waals surface area contributed by atoms with Crippen molar-refractivity contribution in [2.45, 2.75) is 25.3 Å². The minimum atomic E-state index is -0.757. The molecular weight excluding hydrogens is 352 g/mol. The van der Waals surface area contributed by atoms with Gasteiger partial charge in [-0.3, -0.25) is 9.59 Å². The van der Waals surface area contributed by atoms with Gasteiger partial charge < -0.3 is 15.1 Å². The molecule has 0 aliphatic carbocycles. The van der Waals surface area contributed by atoms with Crippen LogP contribution in [0.5, 0.6) is 0 Å². The molecule has 0 saturated carbocycles. The van der Waals surface area contributed by atoms with E-state index in [0.717, 1.165) is 31.0 Å². The lowest BCUT2D eigenvalue weighted by Gasteiger charge is -2.33. The van der Waals surface area contributed by atoms with Crippen molar-refractivity contribution in [3.8, 4) is 0 Å². The van der Waals surface area contributed by atoms with Crippen molar-refractivity contribution in [3.05, 3.63) is 29.8 Å². The SMILES string of the molecule is CNC1CCCN(C(=O)C2CCN(c3cc(F)cc(F)c3)C2=O)C1.Cl. The standard InChI is InChI=1S/C17H21F2N3O2.ClH/c1-20-13-3-2-5-21(10-13)16(23)15-4-6-22(17(15)24)14-8-11(18)7-12(19)9-14;/h7-9,13,15,20H,2-6,10H2,1H3;1H. The van der Waals surface area contributed by atoms with Crippen LogP contribution in [0.4, 0.5) is 14.5 Å². The van der Waals surface area contributed by atoms with E-state index in [2.05, 4.69) is 5.32 Å². The molecular formula is C17H22ClF2N3O2. The van der Waals surface area contributed by atoms with Crippen molar-refractivity contribution in [2.75, 3.05) is 31.6 Å². The maximum Gasteiger partial charge on any atom is 0.239 e. The first-order valence-corrected chi connectivity index (χ1v) is 8.23. The Morgan fingerprint density at radius 1 is 1.16 bits per heavy atom. The fourth-order valence-electron chi connectivity index (χ4n) is 3.49. The summed E-state index contributed by atoms with van der Waals surface area (Å²) in [4.78, 5) is 28.3. The predicted molar refractivity (Wildman–Crippen MR) is 92.7 cm³/mol. The van der Waals surface area contributed by atoms with Gasteiger partial charge >= 0.3 is 0 Å². The monoisotopic (exact) mass is 373 g/mol. The Bertz CT molecular complexity index is 639. The normalized spacial score (nSPS) is 23.6. The first-order valence-electron chi connectivity index (χ1n) is 8.23. The van der Waals surface area contributed by atoms with E-state index in [-0.39, 0.29) is 36.0 Å². The quantitative estimate of drug-likeness (QED) is 0.824. The summed E-state index contributed by atoms with van der Waals surface area (Å²) in [5.41, 5.74) is 0.166. The number of carbonyl (C=O) groups is 2. The fraction of sp³-hybridized carbons (Fsp3) is 0.529. The van der Waals surface area contributed by atoms with E-state index in [4.69, 9.17) is 0 Å². The number of likely N-dealkylation sites (tertiary alicyclic amines) is 1. The van der Waals surface area contributed by atoms with Gasteiger partial charge in [-0.25, -0.2) is 8.78 Å². The number of amides is 2. The topological polar surface area (TPSA) is 52.7 Å². The summed E-state index contributed by atoms with van der Waals surface area (Å²) in [5.74, 6) is -2.79. The molecule has 2 saturated heterocycles. The molecule has 2 aliphatic rings. The van der Waals surface area contributed by atoms with E-state index < -0.39 is 17.6 Å². The number of piperidine rings is 1. The van der Waals surface area contributed by atoms with Crippen molar-refractivity contribution in [3.63, 3.8) is 0 Å². The maximum atomic E-state index is 13.4. The average Bonchev–Trinajstić information content (AvgIpc) is 2.95. The second-order valence-corrected chi connectivity index (χ2v) is 6.37. The molecule has 0 aromatic heterocycles. The molecule has 0 radical (unpaired) electrons. The minimum absolute atomic E-state index is 0. The van der Waals surface area contributed by atoms with E-state index in [1.165, 1.54) is 4.90 Å². The Morgan fingerprint density at radius 2 is 1.84 bits per heavy atom. The second kappa shape index (κ2) is 8.10. The Kier molecular flexibility index (Phi) is 6.35. The van der Waals surface area contributed by atoms with Gasteiger partial charge in [-0.15, -0.1) is 12.4 Å². The van der Waals surface area contributed by atoms with Gasteiger partial charge in [-0.2, -0.15) is 0 Å². The van der Waals surface area contributed by atoms with E-state index in [1.807, 2.05) is 7.05 Å². The van der Waals surface area contributed by atoms with Gasteiger partial charge in [0.25, 0.3) is 0 Å². The zero-order valence-corrected chi connectivity index (χ0v) is 14.8. The zero-order chi connectivity index (χ0) is 17.3. The summed E-state index contributed by atoms with van der Waals surface area (Å²) < 4.78 is 26.8. The summed E-state index contributed by atoms with van der Waals surface area (Å²) >= 11 is 0. The van der Waals surface area contributed by atoms with Crippen LogP contribution in [-0.4, -0.2) is 49.4 Å². The third-order valence-corrected chi connectivity index (χ3v) is 4.80. The molecule has 8 heteroatoms. The fourth-order valence-corrected chi connectivity index (χ4v) is 3.49. The summed E-state index contributed by atoms with van der Waals surface area (Å²) in [7, 11) is 1.86. The molecule has 5 nitrogen and oxygen atoms in total. The highest BCUT2D eigenvalue weighted by Crippen LogP contribution is 2.28. The molecule has 138 valence electrons. The molecule has 1 aromatic carbocycles. The molecule has 2 amide bonds. The first-order chi connectivity index (χ1) is 11.5. The first kappa shape index (κ1) is 19.6. The van der Waals surface area contributed by atoms with Crippen molar-refractivity contribution in [1.82, 2.24) is 10.2 Å². The van der Waals surface area contributed by atoms with Gasteiger partial charge in [0, 0.05) is 37.4 Å². The van der Waals surface area contributed by atoms with Crippen molar-refractivity contribution in [2.24, 2.45) is 5.92 Å². The van der Waals surface area contributed by atoms with E-state index in [0.29, 0.717) is 26.1 Å². The molecule has 25 heavy (non-hydrogen) atoms. The number of likely N-dealkylation sites (N-methyl/N-ethyl adjacent to an activating group) is 1. The van der Waals surface area contributed by atoms with Gasteiger partial charge in [-0.1, -0.05) is 0 Å². The van der Waals surface area contributed by atoms with Crippen LogP contribution in [-0.2, 0) is 9.59 Å². The number of benzene rings is 1. The molecule has 3 rings (SSSR count). The highest BCUT2D eigenvalue weighted by atomic mass is 35.5. The molecule has 2 heterocycles. The maximum absolute atomic E-state index is 13.4. The predicted octanol–water partition coefficient (Wildman–Crippen LogP) is 1.95. The Labute approximate surface area is 151 Å². The van der Waals surface area contributed by atoms with Gasteiger partial charge in [0.05, 0.1) is 0 Å². The van der Waals surface area contributed by atoms with Crippen LogP contribution in [0.15, 0.2) is 18.2 Å². The smallest absolute Gasteiger partial charge is 0.239 e. The lowest BCUT2D eigenvalue weighted by molar-refractivity contribution is -0.140. The van der Waals surface area contributed by atoms with Crippen LogP contribution in [0.25, 0.3) is 0 Å². The highest BCUT2D eigenvalue weighted by Gasteiger charge is 2.40. The summed E-state index contributed by atoms with van der Waals surface area (Å²) in [6.07, 6.45) is 2.28. The Balaban J connectivity index is 0.00000225. The largest absolute Gasteiger partial charge is 0.340 e. The van der Waals surface area contributed by atoms with E-state index in [1.54, 1.807) is 4.90 Å². The van der Waals surface area contributed by atoms with Crippen LogP contribution in [0.3, 0.4) is 0 Å². The average molecular weight is 374 g/mol. The second-order valence-electron chi connectivity index (χ2n) is 6.37. The minimum Gasteiger partial charge on any atom is -0.340 e. The number of halogens is 3. The molecule has 2 unspecified atom stereocenters. The summed E-state index contributed by atoms with van der Waals surface area (Å²) in [6.45, 7) is 1.53. The van der Waals surface area contributed by atoms with Gasteiger partial charge in [0.15, 0.2) is 0 Å². The number of hydrogen-bond donors (Lipinski definition) is 1. The molecule has 2 aliphatic heterocycles. The zero-order valence-electron chi connectivity index (χ0n) is 14.0. The number of anilines is 1. The Hall–Kier alpha value is -1.73. The van der Waals surface area contributed by atoms with E-state index in [9.17, 15) is 18.4 Å². The number of rotatable bonds is 3. The summed E-state index contributed by atoms with van der Waals surface area (Å²) in [6, 6.07) is 3.24. The lowest BCUT2D eigenvalue weighted by Crippen LogP contribution is -2.49. The van der Waals surface area contributed by atoms with Crippen LogP contribution in [0, 0.1) is 17.6 Å². The molecule has 0 spiro atoms. The molecule has 0 bridgehead atoms. The Morgan fingerprint density at radius 3 is 2.48 bits per heavy atom. The molecule has 1 aromatic rings. The number of nitrogens with one attached hydrogen (secondary N) is 1.